The number of carbonyl (C=O) groups is 1. The maximum atomic E-state index is 14.7. The van der Waals surface area contributed by atoms with Crippen molar-refractivity contribution in [1.82, 2.24) is 39.6 Å². The highest BCUT2D eigenvalue weighted by molar-refractivity contribution is 5.87. The summed E-state index contributed by atoms with van der Waals surface area (Å²) in [5.74, 6) is 0.820. The first-order valence-electron chi connectivity index (χ1n) is 12.1. The van der Waals surface area contributed by atoms with Crippen molar-refractivity contribution in [2.24, 2.45) is 0 Å². The minimum Gasteiger partial charge on any atom is -0.478 e. The number of fused-ring (bicyclic) bond motifs is 1. The van der Waals surface area contributed by atoms with Gasteiger partial charge in [-0.05, 0) is 32.5 Å². The molecule has 0 aromatic carbocycles. The number of amides is 1. The highest BCUT2D eigenvalue weighted by Gasteiger charge is 2.35. The van der Waals surface area contributed by atoms with Crippen LogP contribution < -0.4 is 20.3 Å². The molecule has 0 aliphatic carbocycles. The number of ether oxygens (including phenoxy) is 1. The van der Waals surface area contributed by atoms with Crippen LogP contribution in [0.15, 0.2) is 25.0 Å². The summed E-state index contributed by atoms with van der Waals surface area (Å²) < 4.78 is 23.9. The number of nitrogens with zero attached hydrogens (tertiary/aromatic N) is 8. The summed E-state index contributed by atoms with van der Waals surface area (Å²) in [6.45, 7) is 7.66. The van der Waals surface area contributed by atoms with Crippen LogP contribution in [0.3, 0.4) is 0 Å². The maximum Gasteiger partial charge on any atom is 0.256 e. The molecule has 0 saturated carbocycles. The van der Waals surface area contributed by atoms with Gasteiger partial charge in [0.1, 0.15) is 11.9 Å². The fourth-order valence-electron chi connectivity index (χ4n) is 4.73. The topological polar surface area (TPSA) is 118 Å². The van der Waals surface area contributed by atoms with Gasteiger partial charge in [0.2, 0.25) is 11.9 Å². The minimum atomic E-state index is -1.26. The molecular formula is C23H31FN10O2. The van der Waals surface area contributed by atoms with E-state index in [-0.39, 0.29) is 19.1 Å². The van der Waals surface area contributed by atoms with Gasteiger partial charge < -0.3 is 25.2 Å². The van der Waals surface area contributed by atoms with E-state index in [9.17, 15) is 9.18 Å². The van der Waals surface area contributed by atoms with Gasteiger partial charge in [-0.1, -0.05) is 13.5 Å². The standard InChI is InChI=1S/C23H31FN10O2/c1-5-14-9-25-21-20(27-18-13-33(29-22(18)36-4)15-7-8-31(3)10-15)28-23(30-34(14)21)32-11-16(24)17(12-32)26-19(35)6-2/h6,9,13,15-17H,2,5,7-8,10-12H2,1,3-4H3,(H,26,35)(H,27,28,30). The first kappa shape index (κ1) is 24.0. The Bertz CT molecular complexity index is 1270. The maximum absolute atomic E-state index is 14.7. The van der Waals surface area contributed by atoms with Crippen molar-refractivity contribution < 1.29 is 13.9 Å². The van der Waals surface area contributed by atoms with Gasteiger partial charge >= 0.3 is 0 Å². The van der Waals surface area contributed by atoms with Crippen LogP contribution in [0.4, 0.5) is 21.8 Å². The number of hydrogen-bond acceptors (Lipinski definition) is 9. The van der Waals surface area contributed by atoms with E-state index < -0.39 is 18.1 Å². The molecule has 2 fully saturated rings. The van der Waals surface area contributed by atoms with Crippen molar-refractivity contribution >= 4 is 29.0 Å². The second-order valence-corrected chi connectivity index (χ2v) is 9.20. The van der Waals surface area contributed by atoms with Crippen LogP contribution in [0.5, 0.6) is 5.88 Å². The van der Waals surface area contributed by atoms with Crippen molar-refractivity contribution in [3.8, 4) is 5.88 Å². The number of aromatic nitrogens is 6. The number of methoxy groups -OCH3 is 1. The smallest absolute Gasteiger partial charge is 0.256 e. The van der Waals surface area contributed by atoms with Crippen molar-refractivity contribution in [2.75, 3.05) is 50.6 Å². The minimum absolute atomic E-state index is 0.0552. The number of carbonyl (C=O) groups excluding carboxylic acids is 1. The molecule has 13 heteroatoms. The molecule has 2 aliphatic heterocycles. The third-order valence-electron chi connectivity index (χ3n) is 6.71. The zero-order chi connectivity index (χ0) is 25.4. The average Bonchev–Trinajstić information content (AvgIpc) is 3.65. The molecule has 1 amide bonds. The SMILES string of the molecule is C=CC(=O)NC1CN(c2nc(Nc3cn(C4CCN(C)C4)nc3OC)c3ncc(CC)n3n2)CC1F. The van der Waals surface area contributed by atoms with Gasteiger partial charge in [0, 0.05) is 13.1 Å². The molecule has 3 aromatic heterocycles. The lowest BCUT2D eigenvalue weighted by Crippen LogP contribution is -2.40. The van der Waals surface area contributed by atoms with Crippen LogP contribution in [0.1, 0.15) is 25.1 Å². The summed E-state index contributed by atoms with van der Waals surface area (Å²) in [4.78, 5) is 24.9. The Hall–Kier alpha value is -3.74. The normalized spacial score (nSPS) is 22.3. The molecule has 2 N–H and O–H groups in total. The second-order valence-electron chi connectivity index (χ2n) is 9.20. The van der Waals surface area contributed by atoms with Crippen LogP contribution in [-0.2, 0) is 11.2 Å². The number of aryl methyl sites for hydroxylation is 1. The zero-order valence-corrected chi connectivity index (χ0v) is 20.7. The van der Waals surface area contributed by atoms with Gasteiger partial charge in [-0.25, -0.2) is 13.9 Å². The fraction of sp³-hybridized carbons (Fsp3) is 0.522. The van der Waals surface area contributed by atoms with Gasteiger partial charge in [0.05, 0.1) is 43.8 Å². The predicted molar refractivity (Wildman–Crippen MR) is 133 cm³/mol. The molecule has 192 valence electrons. The number of likely N-dealkylation sites (tertiary alicyclic amines) is 1. The Morgan fingerprint density at radius 3 is 2.86 bits per heavy atom. The zero-order valence-electron chi connectivity index (χ0n) is 20.7. The molecule has 0 bridgehead atoms. The third kappa shape index (κ3) is 4.45. The van der Waals surface area contributed by atoms with Gasteiger partial charge in [-0.2, -0.15) is 4.98 Å². The van der Waals surface area contributed by atoms with E-state index in [0.717, 1.165) is 31.3 Å². The fourth-order valence-corrected chi connectivity index (χ4v) is 4.73. The molecule has 0 spiro atoms. The molecule has 3 unspecified atom stereocenters. The van der Waals surface area contributed by atoms with Crippen molar-refractivity contribution in [3.63, 3.8) is 0 Å². The van der Waals surface area contributed by atoms with Crippen molar-refractivity contribution in [3.05, 3.63) is 30.7 Å². The number of likely N-dealkylation sites (N-methyl/N-ethyl adjacent to an activating group) is 1. The molecule has 5 rings (SSSR count). The van der Waals surface area contributed by atoms with E-state index in [2.05, 4.69) is 44.3 Å². The number of rotatable bonds is 8. The molecule has 2 saturated heterocycles. The quantitative estimate of drug-likeness (QED) is 0.444. The van der Waals surface area contributed by atoms with Crippen molar-refractivity contribution in [2.45, 2.75) is 38.0 Å². The monoisotopic (exact) mass is 498 g/mol. The predicted octanol–water partition coefficient (Wildman–Crippen LogP) is 1.34. The summed E-state index contributed by atoms with van der Waals surface area (Å²) in [5, 5.41) is 15.2. The Labute approximate surface area is 208 Å². The Kier molecular flexibility index (Phi) is 6.48. The highest BCUT2D eigenvalue weighted by atomic mass is 19.1. The molecular weight excluding hydrogens is 467 g/mol. The largest absolute Gasteiger partial charge is 0.478 e. The highest BCUT2D eigenvalue weighted by Crippen LogP contribution is 2.32. The average molecular weight is 499 g/mol. The first-order chi connectivity index (χ1) is 17.4. The number of halogens is 1. The van der Waals surface area contributed by atoms with E-state index in [1.165, 1.54) is 0 Å². The number of imidazole rings is 1. The first-order valence-corrected chi connectivity index (χ1v) is 12.1. The lowest BCUT2D eigenvalue weighted by molar-refractivity contribution is -0.117. The van der Waals surface area contributed by atoms with Crippen molar-refractivity contribution in [1.29, 1.82) is 0 Å². The Morgan fingerprint density at radius 2 is 2.17 bits per heavy atom. The lowest BCUT2D eigenvalue weighted by Gasteiger charge is -2.18. The molecule has 5 heterocycles. The summed E-state index contributed by atoms with van der Waals surface area (Å²) in [6, 6.07) is -0.421. The summed E-state index contributed by atoms with van der Waals surface area (Å²) >= 11 is 0. The van der Waals surface area contributed by atoms with Crippen LogP contribution in [-0.4, -0.2) is 92.7 Å². The van der Waals surface area contributed by atoms with Gasteiger partial charge in [0.25, 0.3) is 5.88 Å². The molecule has 2 aliphatic rings. The molecule has 3 atom stereocenters. The molecule has 3 aromatic rings. The van der Waals surface area contributed by atoms with E-state index in [1.807, 2.05) is 17.8 Å². The number of nitrogens with one attached hydrogen (secondary N) is 2. The summed E-state index contributed by atoms with van der Waals surface area (Å²) in [6.07, 6.45) is 5.25. The number of alkyl halides is 1. The van der Waals surface area contributed by atoms with E-state index >= 15 is 0 Å². The van der Waals surface area contributed by atoms with E-state index in [4.69, 9.17) is 9.72 Å². The Balaban J connectivity index is 1.48. The molecule has 36 heavy (non-hydrogen) atoms. The van der Waals surface area contributed by atoms with E-state index in [0.29, 0.717) is 35.4 Å². The number of hydrogen-bond donors (Lipinski definition) is 2. The second kappa shape index (κ2) is 9.72. The van der Waals surface area contributed by atoms with Crippen LogP contribution in [0.25, 0.3) is 5.65 Å². The van der Waals surface area contributed by atoms with Gasteiger partial charge in [-0.15, -0.1) is 10.2 Å². The third-order valence-corrected chi connectivity index (χ3v) is 6.71. The Morgan fingerprint density at radius 1 is 1.33 bits per heavy atom. The van der Waals surface area contributed by atoms with Gasteiger partial charge in [-0.3, -0.25) is 9.48 Å². The summed E-state index contributed by atoms with van der Waals surface area (Å²) in [5.41, 5.74) is 2.08. The van der Waals surface area contributed by atoms with E-state index in [1.54, 1.807) is 22.7 Å². The van der Waals surface area contributed by atoms with Gasteiger partial charge in [0.15, 0.2) is 11.5 Å². The molecule has 12 nitrogen and oxygen atoms in total. The lowest BCUT2D eigenvalue weighted by atomic mass is 10.2. The van der Waals surface area contributed by atoms with Crippen LogP contribution in [0.2, 0.25) is 0 Å². The number of anilines is 3. The van der Waals surface area contributed by atoms with Crippen LogP contribution >= 0.6 is 0 Å². The summed E-state index contributed by atoms with van der Waals surface area (Å²) in [7, 11) is 3.67. The molecule has 0 radical (unpaired) electrons. The van der Waals surface area contributed by atoms with Crippen LogP contribution in [0, 0.1) is 0 Å².